The van der Waals surface area contributed by atoms with Crippen molar-refractivity contribution in [2.45, 2.75) is 26.0 Å². The maximum absolute atomic E-state index is 13.2. The highest BCUT2D eigenvalue weighted by atomic mass is 19.1. The number of hydrogen-bond acceptors (Lipinski definition) is 3. The summed E-state index contributed by atoms with van der Waals surface area (Å²) in [5.74, 6) is 1.95. The Labute approximate surface area is 112 Å². The molecule has 0 saturated heterocycles. The number of rotatable bonds is 5. The van der Waals surface area contributed by atoms with Crippen molar-refractivity contribution in [1.82, 2.24) is 5.32 Å². The summed E-state index contributed by atoms with van der Waals surface area (Å²) in [4.78, 5) is 11.6. The fourth-order valence-corrected chi connectivity index (χ4v) is 1.51. The lowest BCUT2D eigenvalue weighted by Crippen LogP contribution is -2.36. The van der Waals surface area contributed by atoms with Crippen LogP contribution in [0.15, 0.2) is 18.2 Å². The number of ether oxygens (including phenoxy) is 1. The van der Waals surface area contributed by atoms with Crippen LogP contribution in [0.1, 0.15) is 25.5 Å². The highest BCUT2D eigenvalue weighted by molar-refractivity contribution is 5.80. The molecule has 19 heavy (non-hydrogen) atoms. The summed E-state index contributed by atoms with van der Waals surface area (Å²) in [5.41, 5.74) is 6.25. The van der Waals surface area contributed by atoms with Crippen molar-refractivity contribution in [3.8, 4) is 18.1 Å². The molecule has 3 N–H and O–H groups in total. The van der Waals surface area contributed by atoms with Crippen LogP contribution in [0.3, 0.4) is 0 Å². The number of hydrogen-bond donors (Lipinski definition) is 2. The topological polar surface area (TPSA) is 64.3 Å². The summed E-state index contributed by atoms with van der Waals surface area (Å²) < 4.78 is 18.7. The molecule has 0 spiro atoms. The van der Waals surface area contributed by atoms with Gasteiger partial charge in [0.05, 0.1) is 6.54 Å². The third-order valence-electron chi connectivity index (χ3n) is 2.50. The predicted octanol–water partition coefficient (Wildman–Crippen LogP) is 1.36. The lowest BCUT2D eigenvalue weighted by Gasteiger charge is -2.18. The first kappa shape index (κ1) is 15.0. The monoisotopic (exact) mass is 264 g/mol. The molecule has 1 aromatic rings. The lowest BCUT2D eigenvalue weighted by molar-refractivity contribution is -0.127. The number of amides is 1. The fraction of sp³-hybridized carbons (Fsp3) is 0.357. The fourth-order valence-electron chi connectivity index (χ4n) is 1.51. The second-order valence-electron chi connectivity index (χ2n) is 4.15. The first-order valence-corrected chi connectivity index (χ1v) is 5.88. The molecule has 0 aliphatic heterocycles. The van der Waals surface area contributed by atoms with E-state index < -0.39 is 18.0 Å². The van der Waals surface area contributed by atoms with Crippen molar-refractivity contribution in [3.63, 3.8) is 0 Å². The van der Waals surface area contributed by atoms with Crippen molar-refractivity contribution >= 4 is 5.91 Å². The molecule has 0 bridgehead atoms. The van der Waals surface area contributed by atoms with Crippen LogP contribution < -0.4 is 15.8 Å². The van der Waals surface area contributed by atoms with Crippen LogP contribution in [0.5, 0.6) is 5.75 Å². The molecule has 2 unspecified atom stereocenters. The number of nitrogens with one attached hydrogen (secondary N) is 1. The molecule has 1 aromatic carbocycles. The van der Waals surface area contributed by atoms with Crippen LogP contribution in [-0.2, 0) is 4.79 Å². The molecule has 0 fully saturated rings. The summed E-state index contributed by atoms with van der Waals surface area (Å²) in [6, 6.07) is 3.62. The second-order valence-corrected chi connectivity index (χ2v) is 4.15. The van der Waals surface area contributed by atoms with Gasteiger partial charge in [0, 0.05) is 11.6 Å². The van der Waals surface area contributed by atoms with Crippen molar-refractivity contribution in [3.05, 3.63) is 29.6 Å². The number of nitrogens with two attached hydrogens (primary N) is 1. The smallest absolute Gasteiger partial charge is 0.261 e. The maximum Gasteiger partial charge on any atom is 0.261 e. The summed E-state index contributed by atoms with van der Waals surface area (Å²) >= 11 is 0. The Morgan fingerprint density at radius 1 is 1.58 bits per heavy atom. The molecule has 0 aliphatic carbocycles. The molecule has 102 valence electrons. The summed E-state index contributed by atoms with van der Waals surface area (Å²) in [6.45, 7) is 3.43. The molecule has 5 heteroatoms. The number of benzene rings is 1. The molecule has 0 aromatic heterocycles. The molecule has 1 amide bonds. The predicted molar refractivity (Wildman–Crippen MR) is 70.9 cm³/mol. The van der Waals surface area contributed by atoms with Gasteiger partial charge in [0.2, 0.25) is 0 Å². The van der Waals surface area contributed by atoms with Crippen LogP contribution in [-0.4, -0.2) is 18.6 Å². The van der Waals surface area contributed by atoms with Gasteiger partial charge in [0.15, 0.2) is 6.10 Å². The van der Waals surface area contributed by atoms with Gasteiger partial charge in [-0.15, -0.1) is 6.42 Å². The molecular weight excluding hydrogens is 247 g/mol. The van der Waals surface area contributed by atoms with Gasteiger partial charge in [0.25, 0.3) is 5.91 Å². The Balaban J connectivity index is 2.82. The van der Waals surface area contributed by atoms with E-state index in [9.17, 15) is 9.18 Å². The van der Waals surface area contributed by atoms with E-state index in [4.69, 9.17) is 16.9 Å². The number of terminal acetylenes is 1. The second kappa shape index (κ2) is 6.76. The van der Waals surface area contributed by atoms with E-state index >= 15 is 0 Å². The lowest BCUT2D eigenvalue weighted by atomic mass is 10.1. The summed E-state index contributed by atoms with van der Waals surface area (Å²) in [7, 11) is 0. The average molecular weight is 264 g/mol. The SMILES string of the molecule is C#CCNC(=O)C(C)Oc1ccc(F)cc1C(C)N. The van der Waals surface area contributed by atoms with Gasteiger partial charge in [0.1, 0.15) is 11.6 Å². The molecular formula is C14H17FN2O2. The summed E-state index contributed by atoms with van der Waals surface area (Å²) in [5, 5.41) is 2.51. The van der Waals surface area contributed by atoms with Gasteiger partial charge in [-0.25, -0.2) is 4.39 Å². The van der Waals surface area contributed by atoms with Crippen molar-refractivity contribution in [2.75, 3.05) is 6.54 Å². The Kier molecular flexibility index (Phi) is 5.34. The Bertz CT molecular complexity index is 495. The minimum Gasteiger partial charge on any atom is -0.481 e. The van der Waals surface area contributed by atoms with E-state index in [1.54, 1.807) is 13.8 Å². The standard InChI is InChI=1S/C14H17FN2O2/c1-4-7-17-14(18)10(3)19-13-6-5-11(15)8-12(13)9(2)16/h1,5-6,8-10H,7,16H2,2-3H3,(H,17,18). The first-order valence-electron chi connectivity index (χ1n) is 5.88. The van der Waals surface area contributed by atoms with E-state index in [2.05, 4.69) is 11.2 Å². The van der Waals surface area contributed by atoms with Crippen molar-refractivity contribution in [1.29, 1.82) is 0 Å². The third kappa shape index (κ3) is 4.27. The molecule has 0 radical (unpaired) electrons. The molecule has 0 saturated carbocycles. The van der Waals surface area contributed by atoms with E-state index in [0.717, 1.165) is 0 Å². The maximum atomic E-state index is 13.2. The highest BCUT2D eigenvalue weighted by Gasteiger charge is 2.17. The molecule has 1 rings (SSSR count). The van der Waals surface area contributed by atoms with Crippen LogP contribution in [0.2, 0.25) is 0 Å². The minimum atomic E-state index is -0.740. The van der Waals surface area contributed by atoms with Crippen LogP contribution >= 0.6 is 0 Å². The quantitative estimate of drug-likeness (QED) is 0.789. The highest BCUT2D eigenvalue weighted by Crippen LogP contribution is 2.25. The Morgan fingerprint density at radius 3 is 2.84 bits per heavy atom. The Hall–Kier alpha value is -2.06. The first-order chi connectivity index (χ1) is 8.95. The van der Waals surface area contributed by atoms with Gasteiger partial charge in [-0.05, 0) is 32.0 Å². The van der Waals surface area contributed by atoms with Gasteiger partial charge in [-0.2, -0.15) is 0 Å². The van der Waals surface area contributed by atoms with E-state index in [1.807, 2.05) is 0 Å². The largest absolute Gasteiger partial charge is 0.481 e. The van der Waals surface area contributed by atoms with E-state index in [-0.39, 0.29) is 12.5 Å². The van der Waals surface area contributed by atoms with Crippen LogP contribution in [0.25, 0.3) is 0 Å². The molecule has 2 atom stereocenters. The number of carbonyl (C=O) groups excluding carboxylic acids is 1. The van der Waals surface area contributed by atoms with Crippen LogP contribution in [0, 0.1) is 18.2 Å². The normalized spacial score (nSPS) is 13.2. The zero-order valence-corrected chi connectivity index (χ0v) is 10.9. The van der Waals surface area contributed by atoms with Gasteiger partial charge >= 0.3 is 0 Å². The minimum absolute atomic E-state index is 0.135. The van der Waals surface area contributed by atoms with E-state index in [1.165, 1.54) is 18.2 Å². The van der Waals surface area contributed by atoms with E-state index in [0.29, 0.717) is 11.3 Å². The Morgan fingerprint density at radius 2 is 2.26 bits per heavy atom. The zero-order valence-electron chi connectivity index (χ0n) is 10.9. The molecule has 0 aliphatic rings. The number of halogens is 1. The zero-order chi connectivity index (χ0) is 14.4. The average Bonchev–Trinajstić information content (AvgIpc) is 2.37. The summed E-state index contributed by atoms with van der Waals surface area (Å²) in [6.07, 6.45) is 4.31. The van der Waals surface area contributed by atoms with Crippen molar-refractivity contribution < 1.29 is 13.9 Å². The van der Waals surface area contributed by atoms with Crippen molar-refractivity contribution in [2.24, 2.45) is 5.73 Å². The third-order valence-corrected chi connectivity index (χ3v) is 2.50. The van der Waals surface area contributed by atoms with Gasteiger partial charge in [-0.1, -0.05) is 5.92 Å². The molecule has 0 heterocycles. The van der Waals surface area contributed by atoms with Crippen LogP contribution in [0.4, 0.5) is 4.39 Å². The molecule has 4 nitrogen and oxygen atoms in total. The number of carbonyl (C=O) groups is 1. The van der Waals surface area contributed by atoms with Gasteiger partial charge < -0.3 is 15.8 Å². The van der Waals surface area contributed by atoms with Gasteiger partial charge in [-0.3, -0.25) is 4.79 Å².